The summed E-state index contributed by atoms with van der Waals surface area (Å²) in [5.41, 5.74) is 0. The molecule has 18 heteroatoms. The Morgan fingerprint density at radius 2 is 0.818 bits per heavy atom. The third-order valence-corrected chi connectivity index (χ3v) is 5.84. The maximum absolute atomic E-state index is 15.5. The average molecular weight is 639 g/mol. The minimum Gasteiger partial charge on any atom is -0.463 e. The lowest BCUT2D eigenvalue weighted by molar-refractivity contribution is -0.374. The van der Waals surface area contributed by atoms with Gasteiger partial charge in [-0.05, 0) is 0 Å². The Labute approximate surface area is 250 Å². The van der Waals surface area contributed by atoms with E-state index in [1.807, 2.05) is 0 Å². The van der Waals surface area contributed by atoms with Crippen molar-refractivity contribution in [2.24, 2.45) is 0 Å². The number of halogens is 1. The topological polar surface area (TPSA) is 212 Å². The quantitative estimate of drug-likeness (QED) is 0.207. The van der Waals surface area contributed by atoms with Crippen molar-refractivity contribution in [1.82, 2.24) is 0 Å². The van der Waals surface area contributed by atoms with Gasteiger partial charge in [-0.15, -0.1) is 0 Å². The number of rotatable bonds is 11. The molecule has 0 aliphatic carbocycles. The van der Waals surface area contributed by atoms with E-state index in [1.54, 1.807) is 0 Å². The molecule has 2 fully saturated rings. The molecule has 248 valence electrons. The highest BCUT2D eigenvalue weighted by Crippen LogP contribution is 2.35. The van der Waals surface area contributed by atoms with E-state index in [4.69, 9.17) is 47.4 Å². The second-order valence-corrected chi connectivity index (χ2v) is 9.64. The summed E-state index contributed by atoms with van der Waals surface area (Å²) in [4.78, 5) is 83.0. The molecule has 0 bridgehead atoms. The molecular formula is C26H35FO17. The molecule has 0 aromatic carbocycles. The zero-order chi connectivity index (χ0) is 33.3. The second-order valence-electron chi connectivity index (χ2n) is 9.64. The summed E-state index contributed by atoms with van der Waals surface area (Å²) in [6.45, 7) is 5.80. The molecule has 6 unspecified atom stereocenters. The number of hydrogen-bond acceptors (Lipinski definition) is 17. The number of ether oxygens (including phenoxy) is 10. The number of esters is 7. The Morgan fingerprint density at radius 1 is 0.477 bits per heavy atom. The van der Waals surface area contributed by atoms with Gasteiger partial charge >= 0.3 is 41.8 Å². The van der Waals surface area contributed by atoms with Crippen LogP contribution in [0.15, 0.2) is 0 Å². The summed E-state index contributed by atoms with van der Waals surface area (Å²) in [6, 6.07) is 0. The summed E-state index contributed by atoms with van der Waals surface area (Å²) >= 11 is 0. The summed E-state index contributed by atoms with van der Waals surface area (Å²) in [5.74, 6) is -6.26. The maximum Gasteiger partial charge on any atom is 0.303 e. The van der Waals surface area contributed by atoms with Gasteiger partial charge in [0, 0.05) is 48.5 Å². The van der Waals surface area contributed by atoms with Crippen LogP contribution in [0.2, 0.25) is 0 Å². The fourth-order valence-electron chi connectivity index (χ4n) is 4.38. The highest BCUT2D eigenvalue weighted by Gasteiger charge is 2.57. The van der Waals surface area contributed by atoms with Crippen molar-refractivity contribution in [3.8, 4) is 0 Å². The largest absolute Gasteiger partial charge is 0.463 e. The first kappa shape index (κ1) is 36.3. The normalized spacial score (nSPS) is 31.5. The maximum atomic E-state index is 15.5. The number of alkyl halides is 1. The van der Waals surface area contributed by atoms with E-state index < -0.39 is 116 Å². The smallest absolute Gasteiger partial charge is 0.303 e. The van der Waals surface area contributed by atoms with Gasteiger partial charge in [0.25, 0.3) is 0 Å². The molecule has 0 N–H and O–H groups in total. The summed E-state index contributed by atoms with van der Waals surface area (Å²) < 4.78 is 69.0. The second kappa shape index (κ2) is 16.2. The molecule has 0 spiro atoms. The van der Waals surface area contributed by atoms with Crippen molar-refractivity contribution in [2.75, 3.05) is 13.2 Å². The molecule has 0 saturated carbocycles. The molecule has 2 heterocycles. The Kier molecular flexibility index (Phi) is 13.4. The number of carbonyl (C=O) groups is 7. The van der Waals surface area contributed by atoms with Crippen LogP contribution in [0, 0.1) is 0 Å². The van der Waals surface area contributed by atoms with Crippen molar-refractivity contribution < 1.29 is 85.3 Å². The van der Waals surface area contributed by atoms with E-state index in [1.165, 1.54) is 0 Å². The molecule has 0 aromatic heterocycles. The van der Waals surface area contributed by atoms with E-state index >= 15 is 4.39 Å². The van der Waals surface area contributed by atoms with Crippen molar-refractivity contribution in [1.29, 1.82) is 0 Å². The van der Waals surface area contributed by atoms with Crippen LogP contribution >= 0.6 is 0 Å². The van der Waals surface area contributed by atoms with Gasteiger partial charge in [-0.2, -0.15) is 0 Å². The van der Waals surface area contributed by atoms with E-state index in [0.29, 0.717) is 0 Å². The Balaban J connectivity index is 2.61. The molecule has 17 nitrogen and oxygen atoms in total. The Hall–Kier alpha value is -3.90. The number of carbonyl (C=O) groups excluding carboxylic acids is 7. The van der Waals surface area contributed by atoms with Crippen LogP contribution in [-0.4, -0.2) is 116 Å². The molecule has 2 rings (SSSR count). The van der Waals surface area contributed by atoms with Crippen LogP contribution in [0.25, 0.3) is 0 Å². The van der Waals surface area contributed by atoms with Crippen molar-refractivity contribution in [3.05, 3.63) is 0 Å². The zero-order valence-electron chi connectivity index (χ0n) is 25.0. The van der Waals surface area contributed by atoms with Gasteiger partial charge < -0.3 is 47.4 Å². The monoisotopic (exact) mass is 638 g/mol. The summed E-state index contributed by atoms with van der Waals surface area (Å²) in [6.07, 6.45) is -17.6. The van der Waals surface area contributed by atoms with E-state index in [-0.39, 0.29) is 0 Å². The van der Waals surface area contributed by atoms with E-state index in [9.17, 15) is 33.6 Å². The minimum absolute atomic E-state index is 0.589. The fourth-order valence-corrected chi connectivity index (χ4v) is 4.38. The molecule has 2 aliphatic rings. The molecule has 0 radical (unpaired) electrons. The molecule has 0 aromatic rings. The Morgan fingerprint density at radius 3 is 1.25 bits per heavy atom. The van der Waals surface area contributed by atoms with Gasteiger partial charge in [-0.25, -0.2) is 4.39 Å². The molecule has 2 saturated heterocycles. The first-order chi connectivity index (χ1) is 20.5. The third-order valence-electron chi connectivity index (χ3n) is 5.84. The predicted molar refractivity (Wildman–Crippen MR) is 134 cm³/mol. The summed E-state index contributed by atoms with van der Waals surface area (Å²) in [5, 5.41) is 0. The highest BCUT2D eigenvalue weighted by molar-refractivity contribution is 5.69. The fraction of sp³-hybridized carbons (Fsp3) is 0.731. The zero-order valence-corrected chi connectivity index (χ0v) is 25.0. The van der Waals surface area contributed by atoms with Gasteiger partial charge in [0.2, 0.25) is 12.6 Å². The molecular weight excluding hydrogens is 603 g/mol. The van der Waals surface area contributed by atoms with Crippen LogP contribution in [0.5, 0.6) is 0 Å². The lowest BCUT2D eigenvalue weighted by atomic mass is 9.97. The van der Waals surface area contributed by atoms with Crippen LogP contribution in [0.1, 0.15) is 48.5 Å². The van der Waals surface area contributed by atoms with E-state index in [0.717, 1.165) is 48.5 Å². The van der Waals surface area contributed by atoms with Gasteiger partial charge in [0.15, 0.2) is 36.7 Å². The average Bonchev–Trinajstić information content (AvgIpc) is 2.87. The third kappa shape index (κ3) is 10.7. The minimum atomic E-state index is -2.21. The SMILES string of the molecule is CC(=O)OCC1O[C@H](O[C@H]2OC(COC(C)=O)[C@@H](OC(C)=O)C(OC(C)=O)C2OC(C)=O)C(OC(C)=O)C(OC(C)=O)[C@H]1F. The van der Waals surface area contributed by atoms with Crippen LogP contribution in [0.4, 0.5) is 4.39 Å². The lowest BCUT2D eigenvalue weighted by Crippen LogP contribution is -2.66. The van der Waals surface area contributed by atoms with Crippen LogP contribution in [-0.2, 0) is 80.9 Å². The van der Waals surface area contributed by atoms with Crippen molar-refractivity contribution in [3.63, 3.8) is 0 Å². The highest BCUT2D eigenvalue weighted by atomic mass is 19.1. The van der Waals surface area contributed by atoms with Gasteiger partial charge in [0.05, 0.1) is 0 Å². The van der Waals surface area contributed by atoms with Gasteiger partial charge in [0.1, 0.15) is 25.4 Å². The standard InChI is InChI=1S/C26H35FO17/c1-10(28)35-8-17-19(27)21(38-13(4)31)23(40-15(6)33)25(42-17)44-26-24(41-16(7)34)22(39-14(5)32)20(37-12(3)30)18(43-26)9-36-11(2)29/h17-26H,8-9H2,1-7H3/t17?,18?,19-,20+,21?,22?,23?,24?,25+,26+/m0/s1. The van der Waals surface area contributed by atoms with Crippen LogP contribution < -0.4 is 0 Å². The molecule has 2 aliphatic heterocycles. The lowest BCUT2D eigenvalue weighted by Gasteiger charge is -2.47. The molecule has 44 heavy (non-hydrogen) atoms. The van der Waals surface area contributed by atoms with Gasteiger partial charge in [-0.3, -0.25) is 33.6 Å². The first-order valence-electron chi connectivity index (χ1n) is 13.2. The van der Waals surface area contributed by atoms with E-state index in [2.05, 4.69) is 0 Å². The summed E-state index contributed by atoms with van der Waals surface area (Å²) in [7, 11) is 0. The van der Waals surface area contributed by atoms with Crippen molar-refractivity contribution >= 4 is 41.8 Å². The van der Waals surface area contributed by atoms with Gasteiger partial charge in [-0.1, -0.05) is 0 Å². The first-order valence-corrected chi connectivity index (χ1v) is 13.2. The predicted octanol–water partition coefficient (Wildman–Crippen LogP) is -0.424. The molecule has 10 atom stereocenters. The van der Waals surface area contributed by atoms with Crippen LogP contribution in [0.3, 0.4) is 0 Å². The number of hydrogen-bond donors (Lipinski definition) is 0. The molecule has 0 amide bonds. The van der Waals surface area contributed by atoms with Crippen molar-refractivity contribution in [2.45, 2.75) is 110 Å². The Bertz CT molecular complexity index is 1090.